The zero-order valence-electron chi connectivity index (χ0n) is 14.3. The second kappa shape index (κ2) is 7.45. The zero-order chi connectivity index (χ0) is 18.6. The quantitative estimate of drug-likeness (QED) is 0.743. The molecule has 1 aliphatic heterocycles. The molecule has 0 spiro atoms. The minimum absolute atomic E-state index is 0.146. The number of hydrogen-bond acceptors (Lipinski definition) is 6. The SMILES string of the molecule is O=C(CCc1nc(-c2ccccc2F)no1)Nc1ccc2c(c1)OCCO2. The second-order valence-electron chi connectivity index (χ2n) is 5.90. The summed E-state index contributed by atoms with van der Waals surface area (Å²) in [6, 6.07) is 11.4. The predicted molar refractivity (Wildman–Crippen MR) is 94.1 cm³/mol. The fraction of sp³-hybridized carbons (Fsp3) is 0.211. The van der Waals surface area contributed by atoms with Gasteiger partial charge >= 0.3 is 0 Å². The second-order valence-corrected chi connectivity index (χ2v) is 5.90. The Morgan fingerprint density at radius 2 is 1.93 bits per heavy atom. The zero-order valence-corrected chi connectivity index (χ0v) is 14.3. The van der Waals surface area contributed by atoms with Crippen molar-refractivity contribution in [3.8, 4) is 22.9 Å². The number of ether oxygens (including phenoxy) is 2. The van der Waals surface area contributed by atoms with Crippen LogP contribution in [-0.4, -0.2) is 29.3 Å². The Morgan fingerprint density at radius 3 is 2.78 bits per heavy atom. The minimum Gasteiger partial charge on any atom is -0.486 e. The molecule has 0 bridgehead atoms. The number of rotatable bonds is 5. The van der Waals surface area contributed by atoms with Crippen molar-refractivity contribution in [1.82, 2.24) is 10.1 Å². The number of carbonyl (C=O) groups is 1. The molecule has 8 heteroatoms. The van der Waals surface area contributed by atoms with Gasteiger partial charge in [-0.3, -0.25) is 4.79 Å². The lowest BCUT2D eigenvalue weighted by Gasteiger charge is -2.18. The first-order valence-electron chi connectivity index (χ1n) is 8.46. The highest BCUT2D eigenvalue weighted by atomic mass is 19.1. The van der Waals surface area contributed by atoms with E-state index < -0.39 is 5.82 Å². The molecule has 3 aromatic rings. The summed E-state index contributed by atoms with van der Waals surface area (Å²) in [6.07, 6.45) is 0.394. The Bertz CT molecular complexity index is 973. The van der Waals surface area contributed by atoms with Gasteiger partial charge in [-0.1, -0.05) is 17.3 Å². The van der Waals surface area contributed by atoms with E-state index in [2.05, 4.69) is 15.5 Å². The van der Waals surface area contributed by atoms with Gasteiger partial charge in [0, 0.05) is 24.6 Å². The number of anilines is 1. The van der Waals surface area contributed by atoms with Crippen LogP contribution in [0.2, 0.25) is 0 Å². The summed E-state index contributed by atoms with van der Waals surface area (Å²) >= 11 is 0. The van der Waals surface area contributed by atoms with Crippen molar-refractivity contribution in [3.63, 3.8) is 0 Å². The maximum absolute atomic E-state index is 13.8. The van der Waals surface area contributed by atoms with E-state index in [1.54, 1.807) is 36.4 Å². The van der Waals surface area contributed by atoms with Gasteiger partial charge in [-0.25, -0.2) is 4.39 Å². The molecule has 0 unspecified atom stereocenters. The molecule has 0 saturated heterocycles. The van der Waals surface area contributed by atoms with E-state index in [0.717, 1.165) is 0 Å². The summed E-state index contributed by atoms with van der Waals surface area (Å²) in [5.41, 5.74) is 0.870. The third-order valence-electron chi connectivity index (χ3n) is 3.97. The standard InChI is InChI=1S/C19H16FN3O4/c20-14-4-2-1-3-13(14)19-22-18(27-23-19)8-7-17(24)21-12-5-6-15-16(11-12)26-10-9-25-15/h1-6,11H,7-10H2,(H,21,24). The number of benzene rings is 2. The number of hydrogen-bond donors (Lipinski definition) is 1. The number of nitrogens with zero attached hydrogens (tertiary/aromatic N) is 2. The van der Waals surface area contributed by atoms with Crippen LogP contribution in [0, 0.1) is 5.82 Å². The number of aryl methyl sites for hydroxylation is 1. The lowest BCUT2D eigenvalue weighted by molar-refractivity contribution is -0.116. The Kier molecular flexibility index (Phi) is 4.69. The van der Waals surface area contributed by atoms with Gasteiger partial charge in [0.05, 0.1) is 5.56 Å². The van der Waals surface area contributed by atoms with Crippen LogP contribution in [0.15, 0.2) is 47.0 Å². The molecule has 4 rings (SSSR count). The highest BCUT2D eigenvalue weighted by molar-refractivity contribution is 5.91. The van der Waals surface area contributed by atoms with Crippen molar-refractivity contribution in [1.29, 1.82) is 0 Å². The molecule has 1 amide bonds. The molecule has 7 nitrogen and oxygen atoms in total. The first-order chi connectivity index (χ1) is 13.2. The maximum Gasteiger partial charge on any atom is 0.227 e. The highest BCUT2D eigenvalue weighted by Crippen LogP contribution is 2.32. The number of nitrogens with one attached hydrogen (secondary N) is 1. The monoisotopic (exact) mass is 369 g/mol. The minimum atomic E-state index is -0.429. The lowest BCUT2D eigenvalue weighted by atomic mass is 10.2. The lowest BCUT2D eigenvalue weighted by Crippen LogP contribution is -2.16. The van der Waals surface area contributed by atoms with E-state index in [1.165, 1.54) is 6.07 Å². The van der Waals surface area contributed by atoms with Crippen LogP contribution in [-0.2, 0) is 11.2 Å². The molecule has 0 aliphatic carbocycles. The fourth-order valence-electron chi connectivity index (χ4n) is 2.67. The smallest absolute Gasteiger partial charge is 0.227 e. The Hall–Kier alpha value is -3.42. The molecule has 0 radical (unpaired) electrons. The summed E-state index contributed by atoms with van der Waals surface area (Å²) in [4.78, 5) is 16.3. The molecular formula is C19H16FN3O4. The van der Waals surface area contributed by atoms with Crippen LogP contribution in [0.1, 0.15) is 12.3 Å². The summed E-state index contributed by atoms with van der Waals surface area (Å²) in [5.74, 6) is 1.05. The number of amides is 1. The third kappa shape index (κ3) is 3.89. The summed E-state index contributed by atoms with van der Waals surface area (Å²) < 4.78 is 29.8. The molecule has 2 heterocycles. The first kappa shape index (κ1) is 17.0. The molecule has 1 aromatic heterocycles. The van der Waals surface area contributed by atoms with Crippen LogP contribution < -0.4 is 14.8 Å². The molecular weight excluding hydrogens is 353 g/mol. The van der Waals surface area contributed by atoms with Crippen LogP contribution in [0.3, 0.4) is 0 Å². The number of carbonyl (C=O) groups excluding carboxylic acids is 1. The van der Waals surface area contributed by atoms with Gasteiger partial charge < -0.3 is 19.3 Å². The van der Waals surface area contributed by atoms with Crippen molar-refractivity contribution in [2.75, 3.05) is 18.5 Å². The van der Waals surface area contributed by atoms with Crippen molar-refractivity contribution in [3.05, 3.63) is 54.2 Å². The van der Waals surface area contributed by atoms with E-state index in [4.69, 9.17) is 14.0 Å². The van der Waals surface area contributed by atoms with Crippen LogP contribution in [0.5, 0.6) is 11.5 Å². The van der Waals surface area contributed by atoms with E-state index in [-0.39, 0.29) is 36.0 Å². The highest BCUT2D eigenvalue weighted by Gasteiger charge is 2.15. The van der Waals surface area contributed by atoms with Crippen molar-refractivity contribution < 1.29 is 23.2 Å². The van der Waals surface area contributed by atoms with E-state index in [1.807, 2.05) is 0 Å². The normalized spacial score (nSPS) is 12.6. The van der Waals surface area contributed by atoms with Gasteiger partial charge in [0.15, 0.2) is 11.5 Å². The molecule has 1 aliphatic rings. The van der Waals surface area contributed by atoms with Gasteiger partial charge in [0.1, 0.15) is 19.0 Å². The molecule has 1 N–H and O–H groups in total. The Morgan fingerprint density at radius 1 is 1.11 bits per heavy atom. The summed E-state index contributed by atoms with van der Waals surface area (Å²) in [5, 5.41) is 6.55. The van der Waals surface area contributed by atoms with Gasteiger partial charge in [0.2, 0.25) is 17.6 Å². The largest absolute Gasteiger partial charge is 0.486 e. The molecule has 2 aromatic carbocycles. The van der Waals surface area contributed by atoms with Crippen molar-refractivity contribution >= 4 is 11.6 Å². The average Bonchev–Trinajstić information content (AvgIpc) is 3.15. The Balaban J connectivity index is 1.35. The number of aromatic nitrogens is 2. The van der Waals surface area contributed by atoms with E-state index >= 15 is 0 Å². The van der Waals surface area contributed by atoms with Gasteiger partial charge in [-0.05, 0) is 24.3 Å². The van der Waals surface area contributed by atoms with Gasteiger partial charge in [-0.15, -0.1) is 0 Å². The molecule has 0 fully saturated rings. The summed E-state index contributed by atoms with van der Waals surface area (Å²) in [7, 11) is 0. The van der Waals surface area contributed by atoms with Gasteiger partial charge in [0.25, 0.3) is 0 Å². The van der Waals surface area contributed by atoms with Gasteiger partial charge in [-0.2, -0.15) is 4.98 Å². The molecule has 27 heavy (non-hydrogen) atoms. The molecule has 0 saturated carbocycles. The van der Waals surface area contributed by atoms with E-state index in [9.17, 15) is 9.18 Å². The maximum atomic E-state index is 13.8. The van der Waals surface area contributed by atoms with Crippen LogP contribution in [0.4, 0.5) is 10.1 Å². The third-order valence-corrected chi connectivity index (χ3v) is 3.97. The van der Waals surface area contributed by atoms with Crippen molar-refractivity contribution in [2.24, 2.45) is 0 Å². The van der Waals surface area contributed by atoms with Crippen LogP contribution >= 0.6 is 0 Å². The Labute approximate surface area is 154 Å². The topological polar surface area (TPSA) is 86.5 Å². The fourth-order valence-corrected chi connectivity index (χ4v) is 2.67. The predicted octanol–water partition coefficient (Wildman–Crippen LogP) is 3.22. The molecule has 0 atom stereocenters. The molecule has 138 valence electrons. The average molecular weight is 369 g/mol. The summed E-state index contributed by atoms with van der Waals surface area (Å²) in [6.45, 7) is 0.990. The van der Waals surface area contributed by atoms with E-state index in [0.29, 0.717) is 30.4 Å². The van der Waals surface area contributed by atoms with Crippen molar-refractivity contribution in [2.45, 2.75) is 12.8 Å². The number of fused-ring (bicyclic) bond motifs is 1. The van der Waals surface area contributed by atoms with Crippen LogP contribution in [0.25, 0.3) is 11.4 Å². The first-order valence-corrected chi connectivity index (χ1v) is 8.46. The number of halogens is 1.